The number of para-hydroxylation sites is 1. The zero-order valence-corrected chi connectivity index (χ0v) is 15.8. The first-order valence-corrected chi connectivity index (χ1v) is 10.1. The van der Waals surface area contributed by atoms with Gasteiger partial charge in [-0.1, -0.05) is 18.2 Å². The van der Waals surface area contributed by atoms with Gasteiger partial charge in [-0.25, -0.2) is 0 Å². The number of carbonyl (C=O) groups is 2. The van der Waals surface area contributed by atoms with Crippen molar-refractivity contribution >= 4 is 34.5 Å². The van der Waals surface area contributed by atoms with E-state index >= 15 is 0 Å². The number of ether oxygens (including phenoxy) is 1. The second-order valence-corrected chi connectivity index (χ2v) is 7.42. The molecule has 1 fully saturated rings. The number of aromatic nitrogens is 1. The lowest BCUT2D eigenvalue weighted by atomic mass is 10.1. The fourth-order valence-corrected chi connectivity index (χ4v) is 4.30. The first-order chi connectivity index (χ1) is 12.7. The highest BCUT2D eigenvalue weighted by Crippen LogP contribution is 2.18. The molecule has 1 aromatic heterocycles. The van der Waals surface area contributed by atoms with Crippen LogP contribution >= 0.6 is 11.8 Å². The van der Waals surface area contributed by atoms with Crippen molar-refractivity contribution in [1.82, 2.24) is 15.2 Å². The molecule has 2 aromatic rings. The van der Waals surface area contributed by atoms with Gasteiger partial charge in [0.25, 0.3) is 0 Å². The molecular weight excluding hydrogens is 350 g/mol. The molecule has 6 nitrogen and oxygen atoms in total. The lowest BCUT2D eigenvalue weighted by Crippen LogP contribution is -2.51. The van der Waals surface area contributed by atoms with Crippen LogP contribution < -0.4 is 5.32 Å². The van der Waals surface area contributed by atoms with Crippen molar-refractivity contribution in [1.29, 1.82) is 0 Å². The van der Waals surface area contributed by atoms with E-state index in [1.807, 2.05) is 29.3 Å². The van der Waals surface area contributed by atoms with Crippen LogP contribution in [-0.4, -0.2) is 65.5 Å². The summed E-state index contributed by atoms with van der Waals surface area (Å²) in [7, 11) is 0. The number of hydrogen-bond donors (Lipinski definition) is 2. The summed E-state index contributed by atoms with van der Waals surface area (Å²) in [5.74, 6) is 1.33. The molecule has 1 aliphatic heterocycles. The molecule has 140 valence electrons. The van der Waals surface area contributed by atoms with Gasteiger partial charge in [0.1, 0.15) is 6.04 Å². The maximum Gasteiger partial charge on any atom is 0.324 e. The average molecular weight is 375 g/mol. The highest BCUT2D eigenvalue weighted by Gasteiger charge is 2.31. The van der Waals surface area contributed by atoms with Crippen LogP contribution in [0.15, 0.2) is 30.5 Å². The third-order valence-corrected chi connectivity index (χ3v) is 5.56. The summed E-state index contributed by atoms with van der Waals surface area (Å²) in [6.07, 6.45) is 2.77. The molecule has 0 spiro atoms. The van der Waals surface area contributed by atoms with Crippen LogP contribution in [0.2, 0.25) is 0 Å². The lowest BCUT2D eigenvalue weighted by molar-refractivity contribution is -0.149. The number of esters is 1. The number of thioether (sulfide) groups is 1. The summed E-state index contributed by atoms with van der Waals surface area (Å²) in [4.78, 5) is 29.6. The van der Waals surface area contributed by atoms with Crippen molar-refractivity contribution in [2.24, 2.45) is 0 Å². The first kappa shape index (κ1) is 18.8. The highest BCUT2D eigenvalue weighted by molar-refractivity contribution is 7.99. The standard InChI is InChI=1S/C19H25N3O3S/c1-2-25-19(24)17-13-26-10-9-22(17)12-18(23)20-8-7-14-11-21-16-6-4-3-5-15(14)16/h3-6,11,17,21H,2,7-10,12-13H2,1H3,(H,20,23). The molecule has 2 heterocycles. The highest BCUT2D eigenvalue weighted by atomic mass is 32.2. The Hall–Kier alpha value is -1.99. The Morgan fingerprint density at radius 1 is 1.38 bits per heavy atom. The molecule has 0 radical (unpaired) electrons. The van der Waals surface area contributed by atoms with Gasteiger partial charge in [0.2, 0.25) is 5.91 Å². The Morgan fingerprint density at radius 2 is 2.23 bits per heavy atom. The zero-order chi connectivity index (χ0) is 18.4. The molecule has 1 aromatic carbocycles. The summed E-state index contributed by atoms with van der Waals surface area (Å²) < 4.78 is 5.14. The van der Waals surface area contributed by atoms with E-state index in [9.17, 15) is 9.59 Å². The van der Waals surface area contributed by atoms with Crippen molar-refractivity contribution in [2.75, 3.05) is 37.7 Å². The lowest BCUT2D eigenvalue weighted by Gasteiger charge is -2.32. The quantitative estimate of drug-likeness (QED) is 0.722. The number of nitrogens with one attached hydrogen (secondary N) is 2. The van der Waals surface area contributed by atoms with Gasteiger partial charge in [-0.05, 0) is 25.0 Å². The third kappa shape index (κ3) is 4.59. The smallest absolute Gasteiger partial charge is 0.324 e. The number of hydrogen-bond acceptors (Lipinski definition) is 5. The van der Waals surface area contributed by atoms with Gasteiger partial charge in [0, 0.05) is 41.7 Å². The third-order valence-electron chi connectivity index (χ3n) is 4.54. The van der Waals surface area contributed by atoms with Crippen LogP contribution in [0.3, 0.4) is 0 Å². The van der Waals surface area contributed by atoms with E-state index in [0.717, 1.165) is 24.2 Å². The summed E-state index contributed by atoms with van der Waals surface area (Å²) in [6, 6.07) is 7.82. The Bertz CT molecular complexity index is 761. The van der Waals surface area contributed by atoms with Crippen LogP contribution in [-0.2, 0) is 20.7 Å². The summed E-state index contributed by atoms with van der Waals surface area (Å²) in [5, 5.41) is 4.16. The number of aromatic amines is 1. The molecule has 1 aliphatic rings. The molecular formula is C19H25N3O3S. The Kier molecular flexibility index (Phi) is 6.57. The van der Waals surface area contributed by atoms with E-state index in [1.165, 1.54) is 10.9 Å². The summed E-state index contributed by atoms with van der Waals surface area (Å²) in [6.45, 7) is 3.70. The maximum atomic E-state index is 12.3. The number of benzene rings is 1. The minimum absolute atomic E-state index is 0.0500. The predicted octanol–water partition coefficient (Wildman–Crippen LogP) is 1.81. The van der Waals surface area contributed by atoms with Crippen molar-refractivity contribution in [3.8, 4) is 0 Å². The number of rotatable bonds is 7. The van der Waals surface area contributed by atoms with Gasteiger partial charge in [0.15, 0.2) is 0 Å². The van der Waals surface area contributed by atoms with Gasteiger partial charge in [0.05, 0.1) is 13.2 Å². The molecule has 1 atom stereocenters. The van der Waals surface area contributed by atoms with Crippen LogP contribution in [0.4, 0.5) is 0 Å². The van der Waals surface area contributed by atoms with E-state index in [-0.39, 0.29) is 24.5 Å². The van der Waals surface area contributed by atoms with E-state index in [0.29, 0.717) is 18.9 Å². The molecule has 0 aliphatic carbocycles. The summed E-state index contributed by atoms with van der Waals surface area (Å²) in [5.41, 5.74) is 2.30. The molecule has 0 saturated carbocycles. The Labute approximate surface area is 157 Å². The number of amides is 1. The Morgan fingerprint density at radius 3 is 3.08 bits per heavy atom. The molecule has 2 N–H and O–H groups in total. The van der Waals surface area contributed by atoms with Gasteiger partial charge < -0.3 is 15.0 Å². The van der Waals surface area contributed by atoms with E-state index in [1.54, 1.807) is 18.7 Å². The maximum absolute atomic E-state index is 12.3. The van der Waals surface area contributed by atoms with E-state index in [4.69, 9.17) is 4.74 Å². The largest absolute Gasteiger partial charge is 0.465 e. The monoisotopic (exact) mass is 375 g/mol. The van der Waals surface area contributed by atoms with Crippen LogP contribution in [0.5, 0.6) is 0 Å². The van der Waals surface area contributed by atoms with Crippen LogP contribution in [0.1, 0.15) is 12.5 Å². The number of H-pyrrole nitrogens is 1. The SMILES string of the molecule is CCOC(=O)C1CSCCN1CC(=O)NCCc1c[nH]c2ccccc12. The summed E-state index contributed by atoms with van der Waals surface area (Å²) >= 11 is 1.73. The van der Waals surface area contributed by atoms with Gasteiger partial charge in [-0.15, -0.1) is 0 Å². The number of carbonyl (C=O) groups excluding carboxylic acids is 2. The fourth-order valence-electron chi connectivity index (χ4n) is 3.20. The normalized spacial score (nSPS) is 18.0. The van der Waals surface area contributed by atoms with Crippen LogP contribution in [0.25, 0.3) is 10.9 Å². The van der Waals surface area contributed by atoms with Crippen molar-refractivity contribution in [3.63, 3.8) is 0 Å². The second kappa shape index (κ2) is 9.09. The Balaban J connectivity index is 1.49. The average Bonchev–Trinajstić information content (AvgIpc) is 3.06. The molecule has 1 amide bonds. The van der Waals surface area contributed by atoms with Gasteiger partial charge >= 0.3 is 5.97 Å². The van der Waals surface area contributed by atoms with E-state index < -0.39 is 0 Å². The zero-order valence-electron chi connectivity index (χ0n) is 15.0. The van der Waals surface area contributed by atoms with Gasteiger partial charge in [-0.2, -0.15) is 11.8 Å². The topological polar surface area (TPSA) is 74.4 Å². The predicted molar refractivity (Wildman–Crippen MR) is 104 cm³/mol. The molecule has 1 unspecified atom stereocenters. The van der Waals surface area contributed by atoms with Crippen LogP contribution in [0, 0.1) is 0 Å². The molecule has 3 rings (SSSR count). The fraction of sp³-hybridized carbons (Fsp3) is 0.474. The number of nitrogens with zero attached hydrogens (tertiary/aromatic N) is 1. The van der Waals surface area contributed by atoms with Gasteiger partial charge in [-0.3, -0.25) is 14.5 Å². The minimum atomic E-state index is -0.326. The molecule has 26 heavy (non-hydrogen) atoms. The number of fused-ring (bicyclic) bond motifs is 1. The van der Waals surface area contributed by atoms with Crippen molar-refractivity contribution < 1.29 is 14.3 Å². The molecule has 0 bridgehead atoms. The van der Waals surface area contributed by atoms with Crippen molar-refractivity contribution in [3.05, 3.63) is 36.0 Å². The minimum Gasteiger partial charge on any atom is -0.465 e. The second-order valence-electron chi connectivity index (χ2n) is 6.27. The molecule has 7 heteroatoms. The molecule has 1 saturated heterocycles. The van der Waals surface area contributed by atoms with E-state index in [2.05, 4.69) is 16.4 Å². The first-order valence-electron chi connectivity index (χ1n) is 8.99. The van der Waals surface area contributed by atoms with Crippen molar-refractivity contribution in [2.45, 2.75) is 19.4 Å².